The van der Waals surface area contributed by atoms with E-state index in [0.29, 0.717) is 0 Å². The number of esters is 2. The molecule has 0 saturated heterocycles. The lowest BCUT2D eigenvalue weighted by molar-refractivity contribution is -0.165. The zero-order valence-corrected chi connectivity index (χ0v) is 11.8. The summed E-state index contributed by atoms with van der Waals surface area (Å²) < 4.78 is 4.50. The highest BCUT2D eigenvalue weighted by Gasteiger charge is 2.28. The molecule has 0 heterocycles. The Hall–Kier alpha value is -2.18. The number of rotatable bonds is 5. The Morgan fingerprint density at radius 3 is 1.70 bits per heavy atom. The minimum atomic E-state index is -1.52. The average Bonchev–Trinajstić information content (AvgIpc) is 2.26. The number of carboxylic acids is 2. The molecule has 0 fully saturated rings. The Morgan fingerprint density at radius 1 is 0.950 bits per heavy atom. The third kappa shape index (κ3) is 5.21. The van der Waals surface area contributed by atoms with Gasteiger partial charge in [-0.1, -0.05) is 6.92 Å². The molecule has 2 N–H and O–H groups in total. The fourth-order valence-corrected chi connectivity index (χ4v) is 1.24. The van der Waals surface area contributed by atoms with Crippen LogP contribution in [-0.2, 0) is 23.9 Å². The van der Waals surface area contributed by atoms with Crippen LogP contribution in [0.5, 0.6) is 0 Å². The summed E-state index contributed by atoms with van der Waals surface area (Å²) in [5, 5.41) is 17.8. The number of ether oxygens (including phenoxy) is 1. The first kappa shape index (κ1) is 17.8. The summed E-state index contributed by atoms with van der Waals surface area (Å²) in [6, 6.07) is 0. The highest BCUT2D eigenvalue weighted by atomic mass is 16.6. The van der Waals surface area contributed by atoms with Gasteiger partial charge in [-0.3, -0.25) is 9.59 Å². The molecule has 0 saturated carbocycles. The number of carboxylic acid groups (broad SMARTS) is 2. The molecule has 112 valence electrons. The smallest absolute Gasteiger partial charge is 0.332 e. The molecule has 0 aromatic heterocycles. The van der Waals surface area contributed by atoms with E-state index in [1.165, 1.54) is 27.7 Å². The second-order valence-electron chi connectivity index (χ2n) is 5.11. The van der Waals surface area contributed by atoms with Crippen molar-refractivity contribution in [1.82, 2.24) is 0 Å². The van der Waals surface area contributed by atoms with Crippen molar-refractivity contribution in [2.45, 2.75) is 40.5 Å². The number of hydrogen-bond acceptors (Lipinski definition) is 5. The summed E-state index contributed by atoms with van der Waals surface area (Å²) >= 11 is 0. The van der Waals surface area contributed by atoms with Gasteiger partial charge in [0.1, 0.15) is 0 Å². The van der Waals surface area contributed by atoms with Gasteiger partial charge in [0.05, 0.1) is 17.4 Å². The molecule has 0 aromatic rings. The minimum Gasteiger partial charge on any atom is -0.478 e. The lowest BCUT2D eigenvalue weighted by Crippen LogP contribution is -2.26. The zero-order valence-electron chi connectivity index (χ0n) is 11.8. The summed E-state index contributed by atoms with van der Waals surface area (Å²) in [6.07, 6.45) is -0.829. The largest absolute Gasteiger partial charge is 0.478 e. The fraction of sp³-hybridized carbons (Fsp3) is 0.538. The first-order chi connectivity index (χ1) is 9.00. The minimum absolute atomic E-state index is 0.0581. The van der Waals surface area contributed by atoms with Gasteiger partial charge < -0.3 is 14.9 Å². The van der Waals surface area contributed by atoms with Crippen LogP contribution in [0.2, 0.25) is 0 Å². The first-order valence-corrected chi connectivity index (χ1v) is 5.94. The van der Waals surface area contributed by atoms with E-state index in [1.807, 2.05) is 0 Å². The van der Waals surface area contributed by atoms with E-state index >= 15 is 0 Å². The maximum atomic E-state index is 11.5. The predicted octanol–water partition coefficient (Wildman–Crippen LogP) is 1.37. The van der Waals surface area contributed by atoms with Crippen molar-refractivity contribution < 1.29 is 34.1 Å². The lowest BCUT2D eigenvalue weighted by Gasteiger charge is -2.15. The van der Waals surface area contributed by atoms with Crippen LogP contribution in [0.3, 0.4) is 0 Å². The van der Waals surface area contributed by atoms with Gasteiger partial charge in [0.25, 0.3) is 0 Å². The van der Waals surface area contributed by atoms with E-state index in [1.54, 1.807) is 0 Å². The standard InChI is InChI=1S/C13H18O7/c1-5-7(10(15)16)8(11(17)18)6-9(14)20-12(19)13(2,3)4/h5-6H2,1-4H3,(H,15,16)(H,17,18)/b8-7+. The molecule has 0 aliphatic heterocycles. The Kier molecular flexibility index (Phi) is 6.09. The van der Waals surface area contributed by atoms with Gasteiger partial charge in [-0.15, -0.1) is 0 Å². The molecule has 20 heavy (non-hydrogen) atoms. The van der Waals surface area contributed by atoms with E-state index in [0.717, 1.165) is 0 Å². The van der Waals surface area contributed by atoms with Crippen molar-refractivity contribution in [2.24, 2.45) is 5.41 Å². The number of aliphatic carboxylic acids is 2. The van der Waals surface area contributed by atoms with Crippen LogP contribution in [0.4, 0.5) is 0 Å². The van der Waals surface area contributed by atoms with Crippen LogP contribution in [0, 0.1) is 5.41 Å². The Bertz CT molecular complexity index is 466. The highest BCUT2D eigenvalue weighted by molar-refractivity contribution is 6.02. The molecule has 0 radical (unpaired) electrons. The molecule has 0 amide bonds. The number of carbonyl (C=O) groups is 4. The lowest BCUT2D eigenvalue weighted by atomic mass is 9.97. The van der Waals surface area contributed by atoms with E-state index < -0.39 is 46.9 Å². The van der Waals surface area contributed by atoms with Crippen LogP contribution >= 0.6 is 0 Å². The molecular formula is C13H18O7. The average molecular weight is 286 g/mol. The molecule has 7 heteroatoms. The van der Waals surface area contributed by atoms with E-state index in [2.05, 4.69) is 4.74 Å². The summed E-state index contributed by atoms with van der Waals surface area (Å²) in [5.41, 5.74) is -1.88. The molecule has 0 rings (SSSR count). The van der Waals surface area contributed by atoms with Gasteiger partial charge in [0.2, 0.25) is 0 Å². The normalized spacial score (nSPS) is 12.4. The maximum Gasteiger partial charge on any atom is 0.332 e. The second kappa shape index (κ2) is 6.83. The van der Waals surface area contributed by atoms with Gasteiger partial charge >= 0.3 is 23.9 Å². The van der Waals surface area contributed by atoms with Gasteiger partial charge in [-0.2, -0.15) is 0 Å². The van der Waals surface area contributed by atoms with Crippen molar-refractivity contribution >= 4 is 23.9 Å². The van der Waals surface area contributed by atoms with E-state index in [-0.39, 0.29) is 6.42 Å². The van der Waals surface area contributed by atoms with Crippen LogP contribution in [0.15, 0.2) is 11.1 Å². The molecule has 0 unspecified atom stereocenters. The fourth-order valence-electron chi connectivity index (χ4n) is 1.24. The molecule has 0 atom stereocenters. The summed E-state index contributed by atoms with van der Waals surface area (Å²) in [6.45, 7) is 6.06. The summed E-state index contributed by atoms with van der Waals surface area (Å²) in [5.74, 6) is -4.83. The van der Waals surface area contributed by atoms with Crippen molar-refractivity contribution in [1.29, 1.82) is 0 Å². The van der Waals surface area contributed by atoms with Gasteiger partial charge in [0.15, 0.2) is 0 Å². The predicted molar refractivity (Wildman–Crippen MR) is 67.8 cm³/mol. The summed E-state index contributed by atoms with van der Waals surface area (Å²) in [7, 11) is 0. The third-order valence-electron chi connectivity index (χ3n) is 2.37. The highest BCUT2D eigenvalue weighted by Crippen LogP contribution is 2.18. The van der Waals surface area contributed by atoms with Crippen molar-refractivity contribution in [3.05, 3.63) is 11.1 Å². The Labute approximate surface area is 116 Å². The number of hydrogen-bond donors (Lipinski definition) is 2. The van der Waals surface area contributed by atoms with Crippen molar-refractivity contribution in [3.63, 3.8) is 0 Å². The Balaban J connectivity index is 5.15. The van der Waals surface area contributed by atoms with Crippen molar-refractivity contribution in [3.8, 4) is 0 Å². The van der Waals surface area contributed by atoms with Crippen LogP contribution in [-0.4, -0.2) is 34.1 Å². The first-order valence-electron chi connectivity index (χ1n) is 5.94. The summed E-state index contributed by atoms with van der Waals surface area (Å²) in [4.78, 5) is 44.9. The SMILES string of the molecule is CC/C(C(=O)O)=C(/CC(=O)OC(=O)C(C)(C)C)C(=O)O. The van der Waals surface area contributed by atoms with Crippen LogP contribution in [0.25, 0.3) is 0 Å². The van der Waals surface area contributed by atoms with E-state index in [9.17, 15) is 19.2 Å². The number of carbonyl (C=O) groups excluding carboxylic acids is 2. The van der Waals surface area contributed by atoms with Crippen LogP contribution in [0.1, 0.15) is 40.5 Å². The molecule has 0 bridgehead atoms. The Morgan fingerprint density at radius 2 is 1.40 bits per heavy atom. The topological polar surface area (TPSA) is 118 Å². The molecule has 0 aliphatic rings. The molecule has 0 spiro atoms. The monoisotopic (exact) mass is 286 g/mol. The van der Waals surface area contributed by atoms with E-state index in [4.69, 9.17) is 10.2 Å². The van der Waals surface area contributed by atoms with Gasteiger partial charge in [-0.05, 0) is 27.2 Å². The molecule has 7 nitrogen and oxygen atoms in total. The molecular weight excluding hydrogens is 268 g/mol. The zero-order chi connectivity index (χ0) is 16.1. The van der Waals surface area contributed by atoms with Gasteiger partial charge in [0, 0.05) is 5.57 Å². The third-order valence-corrected chi connectivity index (χ3v) is 2.37. The van der Waals surface area contributed by atoms with Crippen LogP contribution < -0.4 is 0 Å². The quantitative estimate of drug-likeness (QED) is 0.445. The molecule has 0 aromatic carbocycles. The second-order valence-corrected chi connectivity index (χ2v) is 5.11. The molecule has 0 aliphatic carbocycles. The maximum absolute atomic E-state index is 11.5. The van der Waals surface area contributed by atoms with Gasteiger partial charge in [-0.25, -0.2) is 9.59 Å². The van der Waals surface area contributed by atoms with Crippen molar-refractivity contribution in [2.75, 3.05) is 0 Å².